The van der Waals surface area contributed by atoms with Crippen molar-refractivity contribution in [1.29, 1.82) is 0 Å². The highest BCUT2D eigenvalue weighted by molar-refractivity contribution is 7.98. The summed E-state index contributed by atoms with van der Waals surface area (Å²) in [6.45, 7) is 0. The second-order valence-electron chi connectivity index (χ2n) is 4.38. The van der Waals surface area contributed by atoms with Crippen LogP contribution in [0.2, 0.25) is 0 Å². The smallest absolute Gasteiger partial charge is 0.188 e. The fourth-order valence-electron chi connectivity index (χ4n) is 1.90. The number of rotatable bonds is 4. The van der Waals surface area contributed by atoms with Crippen molar-refractivity contribution >= 4 is 28.6 Å². The summed E-state index contributed by atoms with van der Waals surface area (Å²) in [7, 11) is 0. The molecule has 2 aromatic heterocycles. The van der Waals surface area contributed by atoms with Crippen LogP contribution >= 0.6 is 11.8 Å². The van der Waals surface area contributed by atoms with E-state index >= 15 is 0 Å². The summed E-state index contributed by atoms with van der Waals surface area (Å²) in [6.07, 6.45) is 1.64. The molecule has 6 nitrogen and oxygen atoms in total. The Bertz CT molecular complexity index is 766. The average molecular weight is 299 g/mol. The molecule has 106 valence electrons. The van der Waals surface area contributed by atoms with Crippen LogP contribution in [-0.4, -0.2) is 26.0 Å². The first-order chi connectivity index (χ1) is 10.3. The highest BCUT2D eigenvalue weighted by Gasteiger charge is 2.05. The first-order valence-corrected chi connectivity index (χ1v) is 7.25. The number of H-pyrrole nitrogens is 1. The molecule has 0 aliphatic carbocycles. The number of nitrogens with zero attached hydrogens (tertiary/aromatic N) is 3. The summed E-state index contributed by atoms with van der Waals surface area (Å²) in [6, 6.07) is 11.6. The molecule has 4 N–H and O–H groups in total. The monoisotopic (exact) mass is 299 g/mol. The highest BCUT2D eigenvalue weighted by Crippen LogP contribution is 2.22. The number of imidazole rings is 1. The second-order valence-corrected chi connectivity index (χ2v) is 5.35. The number of benzene rings is 1. The minimum atomic E-state index is 0.00517. The van der Waals surface area contributed by atoms with Gasteiger partial charge in [0.1, 0.15) is 5.69 Å². The van der Waals surface area contributed by atoms with Gasteiger partial charge >= 0.3 is 0 Å². The van der Waals surface area contributed by atoms with Gasteiger partial charge < -0.3 is 15.9 Å². The first-order valence-electron chi connectivity index (χ1n) is 6.26. The Labute approximate surface area is 125 Å². The number of nitrogens with one attached hydrogen (secondary N) is 1. The van der Waals surface area contributed by atoms with E-state index in [1.807, 2.05) is 30.3 Å². The minimum Gasteiger partial charge on any atom is -0.409 e. The van der Waals surface area contributed by atoms with Gasteiger partial charge in [0, 0.05) is 11.9 Å². The molecule has 0 aliphatic heterocycles. The van der Waals surface area contributed by atoms with Crippen LogP contribution < -0.4 is 5.73 Å². The molecule has 0 bridgehead atoms. The molecule has 21 heavy (non-hydrogen) atoms. The van der Waals surface area contributed by atoms with Crippen molar-refractivity contribution in [3.63, 3.8) is 0 Å². The standard InChI is InChI=1S/C14H13N5OS/c15-13(19-20)12-7-9(5-6-16-12)8-21-14-17-10-3-1-2-4-11(10)18-14/h1-7,20H,8H2,(H2,15,19)(H,17,18). The van der Waals surface area contributed by atoms with Gasteiger partial charge in [0.25, 0.3) is 0 Å². The number of aromatic amines is 1. The Balaban J connectivity index is 1.75. The van der Waals surface area contributed by atoms with Crippen molar-refractivity contribution in [2.45, 2.75) is 10.9 Å². The van der Waals surface area contributed by atoms with E-state index in [-0.39, 0.29) is 5.84 Å². The molecule has 0 unspecified atom stereocenters. The number of hydrogen-bond acceptors (Lipinski definition) is 5. The molecule has 7 heteroatoms. The lowest BCUT2D eigenvalue weighted by molar-refractivity contribution is 0.318. The van der Waals surface area contributed by atoms with Gasteiger partial charge in [0.05, 0.1) is 11.0 Å². The van der Waals surface area contributed by atoms with Crippen molar-refractivity contribution in [3.05, 3.63) is 53.9 Å². The number of amidine groups is 1. The molecule has 0 saturated heterocycles. The third kappa shape index (κ3) is 2.97. The molecule has 0 saturated carbocycles. The molecule has 0 radical (unpaired) electrons. The maximum Gasteiger partial charge on any atom is 0.188 e. The number of nitrogens with two attached hydrogens (primary N) is 1. The largest absolute Gasteiger partial charge is 0.409 e. The fourth-order valence-corrected chi connectivity index (χ4v) is 2.73. The zero-order chi connectivity index (χ0) is 14.7. The lowest BCUT2D eigenvalue weighted by atomic mass is 10.2. The Morgan fingerprint density at radius 1 is 1.33 bits per heavy atom. The topological polar surface area (TPSA) is 100 Å². The maximum atomic E-state index is 8.67. The molecule has 0 amide bonds. The molecule has 1 aromatic carbocycles. The SMILES string of the molecule is NC(=NO)c1cc(CSc2nc3ccccc3[nH]2)ccn1. The fraction of sp³-hybridized carbons (Fsp3) is 0.0714. The Kier molecular flexibility index (Phi) is 3.74. The van der Waals surface area contributed by atoms with Gasteiger partial charge in [-0.05, 0) is 29.8 Å². The van der Waals surface area contributed by atoms with E-state index in [2.05, 4.69) is 20.1 Å². The van der Waals surface area contributed by atoms with Gasteiger partial charge in [-0.3, -0.25) is 4.98 Å². The number of hydrogen-bond donors (Lipinski definition) is 3. The van der Waals surface area contributed by atoms with Crippen molar-refractivity contribution in [2.75, 3.05) is 0 Å². The van der Waals surface area contributed by atoms with E-state index in [1.165, 1.54) is 0 Å². The summed E-state index contributed by atoms with van der Waals surface area (Å²) in [5.41, 5.74) is 8.99. The van der Waals surface area contributed by atoms with Crippen LogP contribution in [0.25, 0.3) is 11.0 Å². The van der Waals surface area contributed by atoms with Crippen LogP contribution in [0.1, 0.15) is 11.3 Å². The third-order valence-electron chi connectivity index (χ3n) is 2.94. The van der Waals surface area contributed by atoms with E-state index in [9.17, 15) is 0 Å². The van der Waals surface area contributed by atoms with E-state index in [4.69, 9.17) is 10.9 Å². The molecule has 0 spiro atoms. The van der Waals surface area contributed by atoms with Gasteiger partial charge in [-0.2, -0.15) is 0 Å². The quantitative estimate of drug-likeness (QED) is 0.226. The van der Waals surface area contributed by atoms with Gasteiger partial charge in [-0.1, -0.05) is 29.1 Å². The molecular weight excluding hydrogens is 286 g/mol. The number of pyridine rings is 1. The minimum absolute atomic E-state index is 0.00517. The van der Waals surface area contributed by atoms with Crippen LogP contribution in [-0.2, 0) is 5.75 Å². The van der Waals surface area contributed by atoms with Crippen LogP contribution in [0.4, 0.5) is 0 Å². The summed E-state index contributed by atoms with van der Waals surface area (Å²) < 4.78 is 0. The van der Waals surface area contributed by atoms with Gasteiger partial charge in [-0.25, -0.2) is 4.98 Å². The number of aromatic nitrogens is 3. The van der Waals surface area contributed by atoms with E-state index in [1.54, 1.807) is 24.0 Å². The van der Waals surface area contributed by atoms with Gasteiger partial charge in [0.15, 0.2) is 11.0 Å². The second kappa shape index (κ2) is 5.84. The Morgan fingerprint density at radius 3 is 3.00 bits per heavy atom. The first kappa shape index (κ1) is 13.4. The molecule has 2 heterocycles. The Hall–Kier alpha value is -2.54. The lowest BCUT2D eigenvalue weighted by Crippen LogP contribution is -2.15. The normalized spacial score (nSPS) is 11.9. The van der Waals surface area contributed by atoms with Crippen LogP contribution in [0.3, 0.4) is 0 Å². The summed E-state index contributed by atoms with van der Waals surface area (Å²) in [5, 5.41) is 12.5. The number of thioether (sulfide) groups is 1. The van der Waals surface area contributed by atoms with Crippen molar-refractivity contribution in [2.24, 2.45) is 10.9 Å². The van der Waals surface area contributed by atoms with Crippen LogP contribution in [0.5, 0.6) is 0 Å². The number of fused-ring (bicyclic) bond motifs is 1. The lowest BCUT2D eigenvalue weighted by Gasteiger charge is -2.02. The van der Waals surface area contributed by atoms with E-state index < -0.39 is 0 Å². The summed E-state index contributed by atoms with van der Waals surface area (Å²) in [4.78, 5) is 11.8. The van der Waals surface area contributed by atoms with Gasteiger partial charge in [-0.15, -0.1) is 0 Å². The van der Waals surface area contributed by atoms with Crippen molar-refractivity contribution in [1.82, 2.24) is 15.0 Å². The third-order valence-corrected chi connectivity index (χ3v) is 3.88. The Morgan fingerprint density at radius 2 is 2.19 bits per heavy atom. The van der Waals surface area contributed by atoms with E-state index in [0.717, 1.165) is 21.8 Å². The predicted octanol–water partition coefficient (Wildman–Crippen LogP) is 2.34. The van der Waals surface area contributed by atoms with Crippen LogP contribution in [0, 0.1) is 0 Å². The molecule has 0 atom stereocenters. The van der Waals surface area contributed by atoms with Crippen molar-refractivity contribution in [3.8, 4) is 0 Å². The zero-order valence-corrected chi connectivity index (χ0v) is 11.8. The predicted molar refractivity (Wildman–Crippen MR) is 82.4 cm³/mol. The molecular formula is C14H13N5OS. The molecule has 0 aliphatic rings. The summed E-state index contributed by atoms with van der Waals surface area (Å²) in [5.74, 6) is 0.721. The number of para-hydroxylation sites is 2. The van der Waals surface area contributed by atoms with Crippen LogP contribution in [0.15, 0.2) is 52.9 Å². The molecule has 3 rings (SSSR count). The molecule has 0 fully saturated rings. The van der Waals surface area contributed by atoms with Crippen molar-refractivity contribution < 1.29 is 5.21 Å². The average Bonchev–Trinajstić information content (AvgIpc) is 2.95. The highest BCUT2D eigenvalue weighted by atomic mass is 32.2. The molecule has 3 aromatic rings. The van der Waals surface area contributed by atoms with Gasteiger partial charge in [0.2, 0.25) is 0 Å². The maximum absolute atomic E-state index is 8.67. The van der Waals surface area contributed by atoms with E-state index in [0.29, 0.717) is 11.4 Å². The zero-order valence-electron chi connectivity index (χ0n) is 11.0. The summed E-state index contributed by atoms with van der Waals surface area (Å²) >= 11 is 1.59. The number of oxime groups is 1.